The third-order valence-electron chi connectivity index (χ3n) is 6.67. The number of hydrogen-bond donors (Lipinski definition) is 1. The number of nitrogens with one attached hydrogen (secondary N) is 1. The van der Waals surface area contributed by atoms with Crippen molar-refractivity contribution in [2.45, 2.75) is 38.0 Å². The standard InChI is InChI=1S/C29H27ClN4O3S/c1-17-4-11-22(14-18(17)2)31-27(35)16-26-28(36)32-29(38-26)34-25(20-5-9-21(30)10-6-20)15-24(33-34)19-7-12-23(37-3)13-8-19/h4-14,25-26H,15-16H2,1-3H3,(H,31,35)/t25-,26-/m0/s1. The van der Waals surface area contributed by atoms with E-state index < -0.39 is 5.25 Å². The van der Waals surface area contributed by atoms with Crippen LogP contribution in [0.15, 0.2) is 76.8 Å². The van der Waals surface area contributed by atoms with Gasteiger partial charge in [0.05, 0.1) is 18.9 Å². The summed E-state index contributed by atoms with van der Waals surface area (Å²) in [5.41, 5.74) is 5.80. The van der Waals surface area contributed by atoms with E-state index in [1.54, 1.807) is 12.1 Å². The van der Waals surface area contributed by atoms with Gasteiger partial charge in [-0.05, 0) is 84.6 Å². The Morgan fingerprint density at radius 3 is 2.50 bits per heavy atom. The Morgan fingerprint density at radius 1 is 1.08 bits per heavy atom. The van der Waals surface area contributed by atoms with Crippen molar-refractivity contribution in [2.24, 2.45) is 10.1 Å². The average molecular weight is 547 g/mol. The van der Waals surface area contributed by atoms with E-state index in [1.165, 1.54) is 11.8 Å². The predicted molar refractivity (Wildman–Crippen MR) is 153 cm³/mol. The summed E-state index contributed by atoms with van der Waals surface area (Å²) in [6.45, 7) is 4.02. The van der Waals surface area contributed by atoms with Crippen LogP contribution in [0, 0.1) is 13.8 Å². The molecule has 1 N–H and O–H groups in total. The third-order valence-corrected chi connectivity index (χ3v) is 8.07. The van der Waals surface area contributed by atoms with Gasteiger partial charge in [0.15, 0.2) is 5.17 Å². The number of hydrogen-bond acceptors (Lipinski definition) is 6. The number of methoxy groups -OCH3 is 1. The Morgan fingerprint density at radius 2 is 1.82 bits per heavy atom. The summed E-state index contributed by atoms with van der Waals surface area (Å²) >= 11 is 7.41. The van der Waals surface area contributed by atoms with E-state index >= 15 is 0 Å². The van der Waals surface area contributed by atoms with Crippen LogP contribution in [-0.4, -0.2) is 40.1 Å². The highest BCUT2D eigenvalue weighted by atomic mass is 35.5. The molecular formula is C29H27ClN4O3S. The van der Waals surface area contributed by atoms with Crippen LogP contribution >= 0.6 is 23.4 Å². The molecule has 0 radical (unpaired) electrons. The normalized spacial score (nSPS) is 18.8. The first-order chi connectivity index (χ1) is 18.3. The number of amides is 2. The number of halogens is 1. The second kappa shape index (κ2) is 11.0. The molecule has 2 atom stereocenters. The highest BCUT2D eigenvalue weighted by Crippen LogP contribution is 2.39. The zero-order valence-electron chi connectivity index (χ0n) is 21.3. The van der Waals surface area contributed by atoms with Crippen molar-refractivity contribution >= 4 is 51.7 Å². The lowest BCUT2D eigenvalue weighted by Gasteiger charge is -2.23. The summed E-state index contributed by atoms with van der Waals surface area (Å²) < 4.78 is 5.28. The second-order valence-electron chi connectivity index (χ2n) is 9.28. The summed E-state index contributed by atoms with van der Waals surface area (Å²) in [6, 6.07) is 20.9. The minimum atomic E-state index is -0.609. The van der Waals surface area contributed by atoms with E-state index in [2.05, 4.69) is 10.3 Å². The maximum absolute atomic E-state index is 12.8. The van der Waals surface area contributed by atoms with Crippen LogP contribution in [0.3, 0.4) is 0 Å². The van der Waals surface area contributed by atoms with Gasteiger partial charge < -0.3 is 10.1 Å². The lowest BCUT2D eigenvalue weighted by Crippen LogP contribution is -2.25. The second-order valence-corrected chi connectivity index (χ2v) is 10.9. The number of thioether (sulfide) groups is 1. The molecule has 2 heterocycles. The van der Waals surface area contributed by atoms with E-state index in [0.29, 0.717) is 22.3 Å². The summed E-state index contributed by atoms with van der Waals surface area (Å²) in [6.07, 6.45) is 0.650. The molecule has 194 valence electrons. The third kappa shape index (κ3) is 5.61. The fourth-order valence-electron chi connectivity index (χ4n) is 4.39. The van der Waals surface area contributed by atoms with Crippen molar-refractivity contribution in [1.29, 1.82) is 0 Å². The highest BCUT2D eigenvalue weighted by molar-refractivity contribution is 8.15. The number of benzene rings is 3. The molecule has 2 aliphatic heterocycles. The van der Waals surface area contributed by atoms with Gasteiger partial charge in [-0.25, -0.2) is 5.01 Å². The molecule has 5 rings (SSSR count). The first kappa shape index (κ1) is 26.0. The van der Waals surface area contributed by atoms with Crippen LogP contribution in [0.2, 0.25) is 5.02 Å². The monoisotopic (exact) mass is 546 g/mol. The maximum Gasteiger partial charge on any atom is 0.262 e. The molecule has 9 heteroatoms. The fourth-order valence-corrected chi connectivity index (χ4v) is 5.58. The molecule has 0 spiro atoms. The van der Waals surface area contributed by atoms with Crippen LogP contribution < -0.4 is 10.1 Å². The SMILES string of the molecule is COc1ccc(C2=NN(C3=NC(=O)[C@H](CC(=O)Nc4ccc(C)c(C)c4)S3)[C@H](c3ccc(Cl)cc3)C2)cc1. The fraction of sp³-hybridized carbons (Fsp3) is 0.241. The Balaban J connectivity index is 1.34. The number of carbonyl (C=O) groups excluding carboxylic acids is 2. The van der Waals surface area contributed by atoms with Crippen molar-refractivity contribution in [3.8, 4) is 5.75 Å². The minimum absolute atomic E-state index is 0.0257. The van der Waals surface area contributed by atoms with Gasteiger partial charge in [0.1, 0.15) is 11.0 Å². The molecule has 38 heavy (non-hydrogen) atoms. The Hall–Kier alpha value is -3.62. The Bertz CT molecular complexity index is 1440. The summed E-state index contributed by atoms with van der Waals surface area (Å²) in [4.78, 5) is 29.9. The highest BCUT2D eigenvalue weighted by Gasteiger charge is 2.39. The van der Waals surface area contributed by atoms with Gasteiger partial charge in [0.25, 0.3) is 5.91 Å². The molecule has 2 amide bonds. The summed E-state index contributed by atoms with van der Waals surface area (Å²) in [7, 11) is 1.63. The number of nitrogens with zero attached hydrogens (tertiary/aromatic N) is 3. The smallest absolute Gasteiger partial charge is 0.262 e. The molecular weight excluding hydrogens is 520 g/mol. The number of ether oxygens (including phenoxy) is 1. The number of anilines is 1. The predicted octanol–water partition coefficient (Wildman–Crippen LogP) is 6.14. The quantitative estimate of drug-likeness (QED) is 0.401. The number of amidine groups is 1. The van der Waals surface area contributed by atoms with Crippen LogP contribution in [0.4, 0.5) is 5.69 Å². The van der Waals surface area contributed by atoms with Crippen LogP contribution in [0.1, 0.15) is 41.1 Å². The number of aliphatic imine (C=N–C) groups is 1. The van der Waals surface area contributed by atoms with E-state index in [-0.39, 0.29) is 24.3 Å². The van der Waals surface area contributed by atoms with E-state index in [1.807, 2.05) is 80.6 Å². The van der Waals surface area contributed by atoms with Crippen molar-refractivity contribution in [3.05, 3.63) is 94.0 Å². The lowest BCUT2D eigenvalue weighted by molar-refractivity contribution is -0.121. The molecule has 0 saturated carbocycles. The number of hydrazone groups is 1. The number of rotatable bonds is 6. The van der Waals surface area contributed by atoms with Crippen LogP contribution in [0.25, 0.3) is 0 Å². The Labute approximate surface area is 230 Å². The lowest BCUT2D eigenvalue weighted by atomic mass is 9.98. The number of aryl methyl sites for hydroxylation is 2. The zero-order valence-corrected chi connectivity index (χ0v) is 22.8. The minimum Gasteiger partial charge on any atom is -0.497 e. The van der Waals surface area contributed by atoms with E-state index in [4.69, 9.17) is 21.4 Å². The van der Waals surface area contributed by atoms with Gasteiger partial charge in [-0.15, -0.1) is 0 Å². The van der Waals surface area contributed by atoms with Gasteiger partial charge in [0.2, 0.25) is 5.91 Å². The summed E-state index contributed by atoms with van der Waals surface area (Å²) in [5.74, 6) is 0.207. The van der Waals surface area contributed by atoms with E-state index in [9.17, 15) is 9.59 Å². The molecule has 3 aromatic carbocycles. The molecule has 0 saturated heterocycles. The zero-order chi connectivity index (χ0) is 26.8. The largest absolute Gasteiger partial charge is 0.497 e. The van der Waals surface area contributed by atoms with Gasteiger partial charge >= 0.3 is 0 Å². The first-order valence-electron chi connectivity index (χ1n) is 12.2. The topological polar surface area (TPSA) is 83.4 Å². The van der Waals surface area contributed by atoms with Crippen molar-refractivity contribution in [2.75, 3.05) is 12.4 Å². The molecule has 0 aliphatic carbocycles. The molecule has 0 bridgehead atoms. The van der Waals surface area contributed by atoms with E-state index in [0.717, 1.165) is 33.7 Å². The molecule has 3 aromatic rings. The summed E-state index contributed by atoms with van der Waals surface area (Å²) in [5, 5.41) is 10.1. The molecule has 0 aromatic heterocycles. The molecule has 0 unspecified atom stereocenters. The molecule has 7 nitrogen and oxygen atoms in total. The van der Waals surface area contributed by atoms with Gasteiger partial charge in [-0.3, -0.25) is 9.59 Å². The van der Waals surface area contributed by atoms with Gasteiger partial charge in [0, 0.05) is 23.6 Å². The Kier molecular flexibility index (Phi) is 7.53. The van der Waals surface area contributed by atoms with Crippen molar-refractivity contribution < 1.29 is 14.3 Å². The van der Waals surface area contributed by atoms with Gasteiger partial charge in [-0.2, -0.15) is 10.1 Å². The first-order valence-corrected chi connectivity index (χ1v) is 13.5. The van der Waals surface area contributed by atoms with Crippen LogP contribution in [-0.2, 0) is 9.59 Å². The van der Waals surface area contributed by atoms with Gasteiger partial charge in [-0.1, -0.05) is 41.6 Å². The maximum atomic E-state index is 12.8. The van der Waals surface area contributed by atoms with Crippen molar-refractivity contribution in [3.63, 3.8) is 0 Å². The average Bonchev–Trinajstić information content (AvgIpc) is 3.51. The molecule has 0 fully saturated rings. The van der Waals surface area contributed by atoms with Crippen LogP contribution in [0.5, 0.6) is 5.75 Å². The van der Waals surface area contributed by atoms with Crippen molar-refractivity contribution in [1.82, 2.24) is 5.01 Å². The molecule has 2 aliphatic rings. The number of carbonyl (C=O) groups is 2.